The van der Waals surface area contributed by atoms with E-state index < -0.39 is 0 Å². The van der Waals surface area contributed by atoms with Gasteiger partial charge in [-0.25, -0.2) is 0 Å². The average molecular weight is 240 g/mol. The number of aryl methyl sites for hydroxylation is 2. The number of aromatic nitrogens is 2. The van der Waals surface area contributed by atoms with Gasteiger partial charge in [-0.3, -0.25) is 9.97 Å². The molecule has 0 aliphatic carbocycles. The summed E-state index contributed by atoms with van der Waals surface area (Å²) in [6, 6.07) is 9.66. The summed E-state index contributed by atoms with van der Waals surface area (Å²) < 4.78 is 0. The van der Waals surface area contributed by atoms with Crippen molar-refractivity contribution in [1.82, 2.24) is 9.97 Å². The Morgan fingerprint density at radius 2 is 2.00 bits per heavy atom. The fraction of sp³-hybridized carbons (Fsp3) is 0.267. The van der Waals surface area contributed by atoms with E-state index in [1.54, 1.807) is 6.20 Å². The molecule has 0 aliphatic heterocycles. The fourth-order valence-electron chi connectivity index (χ4n) is 1.97. The van der Waals surface area contributed by atoms with Crippen LogP contribution in [0.2, 0.25) is 0 Å². The molecule has 3 heteroatoms. The minimum atomic E-state index is -0.329. The van der Waals surface area contributed by atoms with Gasteiger partial charge in [0.25, 0.3) is 0 Å². The third-order valence-corrected chi connectivity index (χ3v) is 3.02. The van der Waals surface area contributed by atoms with Crippen LogP contribution in [0.15, 0.2) is 36.5 Å². The summed E-state index contributed by atoms with van der Waals surface area (Å²) in [7, 11) is 0. The number of aldehydes is 1. The maximum atomic E-state index is 11.3. The summed E-state index contributed by atoms with van der Waals surface area (Å²) in [5, 5.41) is 0. The van der Waals surface area contributed by atoms with Gasteiger partial charge in [-0.1, -0.05) is 37.3 Å². The molecule has 1 atom stereocenters. The molecule has 0 saturated carbocycles. The van der Waals surface area contributed by atoms with Crippen LogP contribution in [-0.2, 0) is 11.2 Å². The molecule has 0 bridgehead atoms. The van der Waals surface area contributed by atoms with Gasteiger partial charge in [-0.05, 0) is 18.9 Å². The van der Waals surface area contributed by atoms with Crippen LogP contribution in [0.4, 0.5) is 0 Å². The van der Waals surface area contributed by atoms with E-state index in [4.69, 9.17) is 0 Å². The van der Waals surface area contributed by atoms with Gasteiger partial charge in [0.05, 0.1) is 23.0 Å². The zero-order valence-electron chi connectivity index (χ0n) is 10.6. The summed E-state index contributed by atoms with van der Waals surface area (Å²) >= 11 is 0. The lowest BCUT2D eigenvalue weighted by Gasteiger charge is -2.11. The van der Waals surface area contributed by atoms with Gasteiger partial charge in [0, 0.05) is 6.20 Å². The van der Waals surface area contributed by atoms with Crippen LogP contribution in [-0.4, -0.2) is 16.3 Å². The fourth-order valence-corrected chi connectivity index (χ4v) is 1.97. The zero-order chi connectivity index (χ0) is 13.0. The quantitative estimate of drug-likeness (QED) is 0.772. The Morgan fingerprint density at radius 1 is 1.28 bits per heavy atom. The Kier molecular flexibility index (Phi) is 3.82. The molecule has 0 radical (unpaired) electrons. The second-order valence-electron chi connectivity index (χ2n) is 4.20. The Morgan fingerprint density at radius 3 is 2.61 bits per heavy atom. The van der Waals surface area contributed by atoms with Crippen molar-refractivity contribution >= 4 is 6.29 Å². The van der Waals surface area contributed by atoms with Crippen LogP contribution >= 0.6 is 0 Å². The van der Waals surface area contributed by atoms with Gasteiger partial charge in [-0.15, -0.1) is 0 Å². The molecule has 0 spiro atoms. The molecule has 18 heavy (non-hydrogen) atoms. The van der Waals surface area contributed by atoms with Crippen LogP contribution in [0.25, 0.3) is 0 Å². The third kappa shape index (κ3) is 2.45. The minimum absolute atomic E-state index is 0.329. The first-order chi connectivity index (χ1) is 8.76. The SMILES string of the molecule is CCc1nc(C(C=O)c2ccccc2)cnc1C. The number of benzene rings is 1. The van der Waals surface area contributed by atoms with E-state index in [1.165, 1.54) is 0 Å². The van der Waals surface area contributed by atoms with Crippen molar-refractivity contribution in [3.63, 3.8) is 0 Å². The highest BCUT2D eigenvalue weighted by molar-refractivity contribution is 5.67. The van der Waals surface area contributed by atoms with Crippen LogP contribution in [0, 0.1) is 6.92 Å². The van der Waals surface area contributed by atoms with E-state index in [0.717, 1.165) is 35.4 Å². The van der Waals surface area contributed by atoms with Crippen molar-refractivity contribution in [1.29, 1.82) is 0 Å². The summed E-state index contributed by atoms with van der Waals surface area (Å²) in [6.45, 7) is 3.98. The van der Waals surface area contributed by atoms with Crippen LogP contribution in [0.3, 0.4) is 0 Å². The van der Waals surface area contributed by atoms with E-state index in [1.807, 2.05) is 44.2 Å². The summed E-state index contributed by atoms with van der Waals surface area (Å²) in [5.74, 6) is -0.329. The van der Waals surface area contributed by atoms with Crippen LogP contribution < -0.4 is 0 Å². The average Bonchev–Trinajstić information content (AvgIpc) is 2.42. The topological polar surface area (TPSA) is 42.9 Å². The second-order valence-corrected chi connectivity index (χ2v) is 4.20. The van der Waals surface area contributed by atoms with Gasteiger partial charge in [0.2, 0.25) is 0 Å². The van der Waals surface area contributed by atoms with E-state index >= 15 is 0 Å². The molecule has 2 rings (SSSR count). The molecule has 1 aromatic heterocycles. The molecule has 92 valence electrons. The van der Waals surface area contributed by atoms with Crippen molar-refractivity contribution < 1.29 is 4.79 Å². The number of carbonyl (C=O) groups is 1. The first-order valence-electron chi connectivity index (χ1n) is 6.09. The number of rotatable bonds is 4. The highest BCUT2D eigenvalue weighted by Gasteiger charge is 2.15. The normalized spacial score (nSPS) is 12.1. The largest absolute Gasteiger partial charge is 0.302 e. The van der Waals surface area contributed by atoms with Gasteiger partial charge in [0.15, 0.2) is 0 Å². The molecule has 0 N–H and O–H groups in total. The van der Waals surface area contributed by atoms with Crippen molar-refractivity contribution in [2.75, 3.05) is 0 Å². The second kappa shape index (κ2) is 5.54. The smallest absolute Gasteiger partial charge is 0.133 e. The molecular weight excluding hydrogens is 224 g/mol. The van der Waals surface area contributed by atoms with Gasteiger partial charge >= 0.3 is 0 Å². The molecule has 0 saturated heterocycles. The van der Waals surface area contributed by atoms with Gasteiger partial charge < -0.3 is 4.79 Å². The summed E-state index contributed by atoms with van der Waals surface area (Å²) in [5.41, 5.74) is 3.56. The highest BCUT2D eigenvalue weighted by Crippen LogP contribution is 2.21. The van der Waals surface area contributed by atoms with Crippen LogP contribution in [0.5, 0.6) is 0 Å². The third-order valence-electron chi connectivity index (χ3n) is 3.02. The van der Waals surface area contributed by atoms with E-state index in [0.29, 0.717) is 0 Å². The van der Waals surface area contributed by atoms with E-state index in [-0.39, 0.29) is 5.92 Å². The Hall–Kier alpha value is -2.03. The van der Waals surface area contributed by atoms with Gasteiger partial charge in [0.1, 0.15) is 6.29 Å². The molecule has 0 fully saturated rings. The number of carbonyl (C=O) groups excluding carboxylic acids is 1. The molecule has 0 aliphatic rings. The van der Waals surface area contributed by atoms with E-state index in [9.17, 15) is 4.79 Å². The number of nitrogens with zero attached hydrogens (tertiary/aromatic N) is 2. The Labute approximate surface area is 107 Å². The molecular formula is C15H16N2O. The lowest BCUT2D eigenvalue weighted by Crippen LogP contribution is -2.08. The Bertz CT molecular complexity index is 537. The first-order valence-corrected chi connectivity index (χ1v) is 6.09. The summed E-state index contributed by atoms with van der Waals surface area (Å²) in [4.78, 5) is 20.2. The predicted molar refractivity (Wildman–Crippen MR) is 70.5 cm³/mol. The maximum Gasteiger partial charge on any atom is 0.133 e. The van der Waals surface area contributed by atoms with E-state index in [2.05, 4.69) is 9.97 Å². The molecule has 1 unspecified atom stereocenters. The monoisotopic (exact) mass is 240 g/mol. The van der Waals surface area contributed by atoms with Crippen molar-refractivity contribution in [2.24, 2.45) is 0 Å². The minimum Gasteiger partial charge on any atom is -0.302 e. The predicted octanol–water partition coefficient (Wildman–Crippen LogP) is 2.68. The lowest BCUT2D eigenvalue weighted by atomic mass is 9.97. The highest BCUT2D eigenvalue weighted by atomic mass is 16.1. The maximum absolute atomic E-state index is 11.3. The number of hydrogen-bond acceptors (Lipinski definition) is 3. The van der Waals surface area contributed by atoms with Crippen molar-refractivity contribution in [3.05, 3.63) is 59.2 Å². The standard InChI is InChI=1S/C15H16N2O/c1-3-14-11(2)16-9-15(17-14)13(10-18)12-7-5-4-6-8-12/h4-10,13H,3H2,1-2H3. The molecule has 0 amide bonds. The molecule has 2 aromatic rings. The van der Waals surface area contributed by atoms with Crippen molar-refractivity contribution in [2.45, 2.75) is 26.2 Å². The molecule has 3 nitrogen and oxygen atoms in total. The molecule has 1 heterocycles. The summed E-state index contributed by atoms with van der Waals surface area (Å²) in [6.07, 6.45) is 3.45. The zero-order valence-corrected chi connectivity index (χ0v) is 10.6. The molecule has 1 aromatic carbocycles. The number of hydrogen-bond donors (Lipinski definition) is 0. The van der Waals surface area contributed by atoms with Crippen molar-refractivity contribution in [3.8, 4) is 0 Å². The first kappa shape index (κ1) is 12.4. The van der Waals surface area contributed by atoms with Crippen LogP contribution in [0.1, 0.15) is 35.5 Å². The Balaban J connectivity index is 2.42. The van der Waals surface area contributed by atoms with Gasteiger partial charge in [-0.2, -0.15) is 0 Å². The lowest BCUT2D eigenvalue weighted by molar-refractivity contribution is -0.108.